The number of amides is 1. The van der Waals surface area contributed by atoms with Gasteiger partial charge in [0.2, 0.25) is 5.91 Å². The molecule has 1 aromatic carbocycles. The Morgan fingerprint density at radius 3 is 2.67 bits per heavy atom. The van der Waals surface area contributed by atoms with Crippen LogP contribution in [0.5, 0.6) is 5.75 Å². The first-order valence-electron chi connectivity index (χ1n) is 7.67. The summed E-state index contributed by atoms with van der Waals surface area (Å²) in [4.78, 5) is 11.7. The fourth-order valence-electron chi connectivity index (χ4n) is 1.98. The number of hydrogen-bond donors (Lipinski definition) is 2. The van der Waals surface area contributed by atoms with Gasteiger partial charge in [-0.25, -0.2) is 0 Å². The molecule has 0 bridgehead atoms. The smallest absolute Gasteiger partial charge is 0.220 e. The Morgan fingerprint density at radius 2 is 2.05 bits per heavy atom. The van der Waals surface area contributed by atoms with Crippen molar-refractivity contribution in [2.24, 2.45) is 0 Å². The molecule has 0 spiro atoms. The first-order chi connectivity index (χ1) is 9.99. The third-order valence-corrected chi connectivity index (χ3v) is 3.74. The highest BCUT2D eigenvalue weighted by molar-refractivity contribution is 5.75. The molecule has 0 unspecified atom stereocenters. The average molecular weight is 293 g/mol. The van der Waals surface area contributed by atoms with Gasteiger partial charge in [0.05, 0.1) is 12.2 Å². The average Bonchev–Trinajstić information content (AvgIpc) is 2.49. The van der Waals surface area contributed by atoms with E-state index >= 15 is 0 Å². The van der Waals surface area contributed by atoms with Crippen molar-refractivity contribution in [3.63, 3.8) is 0 Å². The van der Waals surface area contributed by atoms with Crippen molar-refractivity contribution in [3.05, 3.63) is 29.8 Å². The Bertz CT molecular complexity index is 441. The molecule has 2 N–H and O–H groups in total. The number of carbonyl (C=O) groups is 1. The molecule has 0 fully saturated rings. The molecule has 0 aliphatic heterocycles. The van der Waals surface area contributed by atoms with E-state index in [1.165, 1.54) is 0 Å². The Balaban J connectivity index is 2.19. The number of benzene rings is 1. The van der Waals surface area contributed by atoms with E-state index in [0.717, 1.165) is 11.3 Å². The highest BCUT2D eigenvalue weighted by Gasteiger charge is 2.22. The van der Waals surface area contributed by atoms with Crippen molar-refractivity contribution in [3.8, 4) is 5.75 Å². The summed E-state index contributed by atoms with van der Waals surface area (Å²) in [6.07, 6.45) is 2.35. The van der Waals surface area contributed by atoms with Crippen LogP contribution < -0.4 is 10.1 Å². The van der Waals surface area contributed by atoms with Crippen molar-refractivity contribution >= 4 is 5.91 Å². The monoisotopic (exact) mass is 293 g/mol. The molecule has 0 aromatic heterocycles. The van der Waals surface area contributed by atoms with E-state index in [9.17, 15) is 9.90 Å². The number of ether oxygens (including phenoxy) is 1. The van der Waals surface area contributed by atoms with Gasteiger partial charge in [-0.1, -0.05) is 26.0 Å². The zero-order valence-electron chi connectivity index (χ0n) is 13.3. The lowest BCUT2D eigenvalue weighted by molar-refractivity contribution is -0.122. The largest absolute Gasteiger partial charge is 0.494 e. The van der Waals surface area contributed by atoms with E-state index in [0.29, 0.717) is 38.8 Å². The van der Waals surface area contributed by atoms with Crippen LogP contribution in [0.1, 0.15) is 45.1 Å². The molecule has 0 atom stereocenters. The molecular formula is C17H27NO3. The van der Waals surface area contributed by atoms with Crippen LogP contribution in [0.4, 0.5) is 0 Å². The highest BCUT2D eigenvalue weighted by atomic mass is 16.5. The predicted molar refractivity (Wildman–Crippen MR) is 84.4 cm³/mol. The molecule has 0 saturated heterocycles. The van der Waals surface area contributed by atoms with Gasteiger partial charge >= 0.3 is 0 Å². The third-order valence-electron chi connectivity index (χ3n) is 3.74. The zero-order valence-corrected chi connectivity index (χ0v) is 13.3. The SMILES string of the molecule is CCC(O)(CC)CNC(=O)CCCOc1cccc(C)c1. The molecule has 0 aliphatic carbocycles. The fourth-order valence-corrected chi connectivity index (χ4v) is 1.98. The van der Waals surface area contributed by atoms with E-state index in [1.54, 1.807) is 0 Å². The second-order valence-corrected chi connectivity index (χ2v) is 5.48. The van der Waals surface area contributed by atoms with Crippen molar-refractivity contribution in [1.82, 2.24) is 5.32 Å². The van der Waals surface area contributed by atoms with Crippen molar-refractivity contribution in [1.29, 1.82) is 0 Å². The molecule has 0 aliphatic rings. The first-order valence-corrected chi connectivity index (χ1v) is 7.67. The summed E-state index contributed by atoms with van der Waals surface area (Å²) in [5, 5.41) is 12.9. The minimum atomic E-state index is -0.784. The van der Waals surface area contributed by atoms with Crippen molar-refractivity contribution < 1.29 is 14.6 Å². The normalized spacial score (nSPS) is 11.2. The lowest BCUT2D eigenvalue weighted by atomic mass is 9.97. The molecule has 1 aromatic rings. The second-order valence-electron chi connectivity index (χ2n) is 5.48. The van der Waals surface area contributed by atoms with E-state index < -0.39 is 5.60 Å². The Hall–Kier alpha value is -1.55. The van der Waals surface area contributed by atoms with Crippen LogP contribution in [0.25, 0.3) is 0 Å². The maximum atomic E-state index is 11.7. The Labute approximate surface area is 127 Å². The number of carbonyl (C=O) groups excluding carboxylic acids is 1. The second kappa shape index (κ2) is 8.67. The van der Waals surface area contributed by atoms with E-state index in [2.05, 4.69) is 5.32 Å². The van der Waals surface area contributed by atoms with Crippen LogP contribution in [0.15, 0.2) is 24.3 Å². The molecule has 1 amide bonds. The summed E-state index contributed by atoms with van der Waals surface area (Å²) in [7, 11) is 0. The van der Waals surface area contributed by atoms with Crippen LogP contribution in [0, 0.1) is 6.92 Å². The van der Waals surface area contributed by atoms with Gasteiger partial charge in [0, 0.05) is 13.0 Å². The fraction of sp³-hybridized carbons (Fsp3) is 0.588. The Kier molecular flexibility index (Phi) is 7.23. The number of rotatable bonds is 9. The molecule has 0 saturated carbocycles. The van der Waals surface area contributed by atoms with Crippen LogP contribution in [0.3, 0.4) is 0 Å². The molecule has 4 heteroatoms. The number of hydrogen-bond acceptors (Lipinski definition) is 3. The molecule has 0 heterocycles. The third kappa shape index (κ3) is 6.63. The van der Waals surface area contributed by atoms with E-state index in [1.807, 2.05) is 45.0 Å². The minimum absolute atomic E-state index is 0.0387. The van der Waals surface area contributed by atoms with Gasteiger partial charge in [0.25, 0.3) is 0 Å². The summed E-state index contributed by atoms with van der Waals surface area (Å²) < 4.78 is 5.60. The maximum Gasteiger partial charge on any atom is 0.220 e. The van der Waals surface area contributed by atoms with Crippen LogP contribution >= 0.6 is 0 Å². The van der Waals surface area contributed by atoms with E-state index in [4.69, 9.17) is 4.74 Å². The summed E-state index contributed by atoms with van der Waals surface area (Å²) >= 11 is 0. The van der Waals surface area contributed by atoms with Crippen LogP contribution in [-0.4, -0.2) is 29.8 Å². The molecule has 21 heavy (non-hydrogen) atoms. The zero-order chi connectivity index (χ0) is 15.7. The van der Waals surface area contributed by atoms with Gasteiger partial charge < -0.3 is 15.2 Å². The minimum Gasteiger partial charge on any atom is -0.494 e. The number of aryl methyl sites for hydroxylation is 1. The standard InChI is InChI=1S/C17H27NO3/c1-4-17(20,5-2)13-18-16(19)10-7-11-21-15-9-6-8-14(3)12-15/h6,8-9,12,20H,4-5,7,10-11,13H2,1-3H3,(H,18,19). The highest BCUT2D eigenvalue weighted by Crippen LogP contribution is 2.14. The van der Waals surface area contributed by atoms with Gasteiger partial charge in [-0.05, 0) is 43.9 Å². The summed E-state index contributed by atoms with van der Waals surface area (Å²) in [6.45, 7) is 6.69. The van der Waals surface area contributed by atoms with Crippen LogP contribution in [0.2, 0.25) is 0 Å². The molecule has 118 valence electrons. The number of aliphatic hydroxyl groups is 1. The molecule has 1 rings (SSSR count). The lowest BCUT2D eigenvalue weighted by Gasteiger charge is -2.25. The van der Waals surface area contributed by atoms with Gasteiger partial charge in [-0.15, -0.1) is 0 Å². The summed E-state index contributed by atoms with van der Waals surface area (Å²) in [5.41, 5.74) is 0.372. The molecular weight excluding hydrogens is 266 g/mol. The summed E-state index contributed by atoms with van der Waals surface area (Å²) in [5.74, 6) is 0.796. The van der Waals surface area contributed by atoms with Crippen molar-refractivity contribution in [2.75, 3.05) is 13.2 Å². The van der Waals surface area contributed by atoms with Gasteiger partial charge in [0.15, 0.2) is 0 Å². The van der Waals surface area contributed by atoms with Crippen LogP contribution in [-0.2, 0) is 4.79 Å². The lowest BCUT2D eigenvalue weighted by Crippen LogP contribution is -2.42. The van der Waals surface area contributed by atoms with E-state index in [-0.39, 0.29) is 5.91 Å². The van der Waals surface area contributed by atoms with Gasteiger partial charge in [-0.3, -0.25) is 4.79 Å². The topological polar surface area (TPSA) is 58.6 Å². The molecule has 0 radical (unpaired) electrons. The molecule has 4 nitrogen and oxygen atoms in total. The number of nitrogens with one attached hydrogen (secondary N) is 1. The van der Waals surface area contributed by atoms with Gasteiger partial charge in [0.1, 0.15) is 5.75 Å². The Morgan fingerprint density at radius 1 is 1.33 bits per heavy atom. The maximum absolute atomic E-state index is 11.7. The van der Waals surface area contributed by atoms with Gasteiger partial charge in [-0.2, -0.15) is 0 Å². The van der Waals surface area contributed by atoms with Crippen molar-refractivity contribution in [2.45, 2.75) is 52.1 Å². The summed E-state index contributed by atoms with van der Waals surface area (Å²) in [6, 6.07) is 7.86. The first kappa shape index (κ1) is 17.5. The quantitative estimate of drug-likeness (QED) is 0.688. The predicted octanol–water partition coefficient (Wildman–Crippen LogP) is 2.82.